The standard InChI is InChI=1S/C15H21FN2O/c1-15(2,3)10-6-7-18(9-10)14(19)12-8-11(16)4-5-13(12)17/h4-5,8,10H,6-7,9,17H2,1-3H3. The van der Waals surface area contributed by atoms with Crippen LogP contribution in [0.15, 0.2) is 18.2 Å². The predicted molar refractivity (Wildman–Crippen MR) is 74.3 cm³/mol. The van der Waals surface area contributed by atoms with Crippen molar-refractivity contribution >= 4 is 11.6 Å². The molecule has 0 bridgehead atoms. The lowest BCUT2D eigenvalue weighted by molar-refractivity contribution is 0.0777. The Hall–Kier alpha value is -1.58. The zero-order chi connectivity index (χ0) is 14.2. The number of benzene rings is 1. The third kappa shape index (κ3) is 2.88. The number of hydrogen-bond donors (Lipinski definition) is 1. The van der Waals surface area contributed by atoms with Crippen LogP contribution in [0.1, 0.15) is 37.6 Å². The van der Waals surface area contributed by atoms with Crippen molar-refractivity contribution in [3.63, 3.8) is 0 Å². The van der Waals surface area contributed by atoms with Crippen molar-refractivity contribution in [3.05, 3.63) is 29.6 Å². The van der Waals surface area contributed by atoms with Gasteiger partial charge in [0.05, 0.1) is 5.56 Å². The van der Waals surface area contributed by atoms with Crippen molar-refractivity contribution in [1.29, 1.82) is 0 Å². The van der Waals surface area contributed by atoms with Gasteiger partial charge in [-0.2, -0.15) is 0 Å². The Labute approximate surface area is 113 Å². The Kier molecular flexibility index (Phi) is 3.52. The number of carbonyl (C=O) groups excluding carboxylic acids is 1. The molecule has 1 aromatic rings. The molecule has 1 atom stereocenters. The van der Waals surface area contributed by atoms with Crippen LogP contribution in [0.5, 0.6) is 0 Å². The summed E-state index contributed by atoms with van der Waals surface area (Å²) in [5, 5.41) is 0. The highest BCUT2D eigenvalue weighted by atomic mass is 19.1. The van der Waals surface area contributed by atoms with Crippen LogP contribution >= 0.6 is 0 Å². The molecule has 0 saturated carbocycles. The van der Waals surface area contributed by atoms with Gasteiger partial charge in [0.15, 0.2) is 0 Å². The average molecular weight is 264 g/mol. The van der Waals surface area contributed by atoms with Gasteiger partial charge in [-0.15, -0.1) is 0 Å². The van der Waals surface area contributed by atoms with E-state index in [4.69, 9.17) is 5.73 Å². The van der Waals surface area contributed by atoms with E-state index in [9.17, 15) is 9.18 Å². The van der Waals surface area contributed by atoms with Crippen molar-refractivity contribution in [1.82, 2.24) is 4.90 Å². The maximum absolute atomic E-state index is 13.2. The number of anilines is 1. The summed E-state index contributed by atoms with van der Waals surface area (Å²) in [5.41, 5.74) is 6.56. The summed E-state index contributed by atoms with van der Waals surface area (Å²) in [6, 6.07) is 3.94. The number of halogens is 1. The number of likely N-dealkylation sites (tertiary alicyclic amines) is 1. The van der Waals surface area contributed by atoms with E-state index in [1.165, 1.54) is 18.2 Å². The van der Waals surface area contributed by atoms with Crippen LogP contribution in [0.3, 0.4) is 0 Å². The number of rotatable bonds is 1. The quantitative estimate of drug-likeness (QED) is 0.793. The van der Waals surface area contributed by atoms with Crippen LogP contribution in [-0.4, -0.2) is 23.9 Å². The minimum Gasteiger partial charge on any atom is -0.398 e. The van der Waals surface area contributed by atoms with Gasteiger partial charge in [0.2, 0.25) is 0 Å². The molecule has 0 aliphatic carbocycles. The van der Waals surface area contributed by atoms with Gasteiger partial charge in [-0.1, -0.05) is 20.8 Å². The molecule has 1 aliphatic rings. The van der Waals surface area contributed by atoms with Crippen molar-refractivity contribution in [2.45, 2.75) is 27.2 Å². The molecule has 1 amide bonds. The van der Waals surface area contributed by atoms with E-state index in [2.05, 4.69) is 20.8 Å². The first-order valence-corrected chi connectivity index (χ1v) is 6.63. The number of nitrogens with two attached hydrogens (primary N) is 1. The predicted octanol–water partition coefficient (Wildman–Crippen LogP) is 2.92. The molecule has 1 aliphatic heterocycles. The van der Waals surface area contributed by atoms with Crippen molar-refractivity contribution in [3.8, 4) is 0 Å². The van der Waals surface area contributed by atoms with Crippen molar-refractivity contribution < 1.29 is 9.18 Å². The van der Waals surface area contributed by atoms with E-state index < -0.39 is 5.82 Å². The monoisotopic (exact) mass is 264 g/mol. The van der Waals surface area contributed by atoms with Crippen LogP contribution in [-0.2, 0) is 0 Å². The number of hydrogen-bond acceptors (Lipinski definition) is 2. The SMILES string of the molecule is CC(C)(C)C1CCN(C(=O)c2cc(F)ccc2N)C1. The molecular formula is C15H21FN2O. The highest BCUT2D eigenvalue weighted by Gasteiger charge is 2.34. The summed E-state index contributed by atoms with van der Waals surface area (Å²) in [6.07, 6.45) is 0.991. The van der Waals surface area contributed by atoms with E-state index in [-0.39, 0.29) is 16.9 Å². The van der Waals surface area contributed by atoms with E-state index >= 15 is 0 Å². The maximum Gasteiger partial charge on any atom is 0.256 e. The van der Waals surface area contributed by atoms with Crippen LogP contribution < -0.4 is 5.73 Å². The molecular weight excluding hydrogens is 243 g/mol. The molecule has 19 heavy (non-hydrogen) atoms. The van der Waals surface area contributed by atoms with Crippen molar-refractivity contribution in [2.75, 3.05) is 18.8 Å². The molecule has 104 valence electrons. The Balaban J connectivity index is 2.16. The fraction of sp³-hybridized carbons (Fsp3) is 0.533. The largest absolute Gasteiger partial charge is 0.398 e. The smallest absolute Gasteiger partial charge is 0.256 e. The second-order valence-electron chi connectivity index (χ2n) is 6.33. The topological polar surface area (TPSA) is 46.3 Å². The molecule has 0 radical (unpaired) electrons. The van der Waals surface area contributed by atoms with Crippen LogP contribution in [0.2, 0.25) is 0 Å². The molecule has 4 heteroatoms. The molecule has 2 N–H and O–H groups in total. The lowest BCUT2D eigenvalue weighted by Crippen LogP contribution is -2.31. The van der Waals surface area contributed by atoms with Gasteiger partial charge in [0.1, 0.15) is 5.82 Å². The molecule has 1 aromatic carbocycles. The summed E-state index contributed by atoms with van der Waals surface area (Å²) >= 11 is 0. The minimum absolute atomic E-state index is 0.163. The van der Waals surface area contributed by atoms with Gasteiger partial charge in [-0.25, -0.2) is 4.39 Å². The Morgan fingerprint density at radius 3 is 2.68 bits per heavy atom. The van der Waals surface area contributed by atoms with E-state index in [1.807, 2.05) is 0 Å². The molecule has 1 unspecified atom stereocenters. The fourth-order valence-corrected chi connectivity index (χ4v) is 2.54. The highest BCUT2D eigenvalue weighted by molar-refractivity contribution is 5.99. The lowest BCUT2D eigenvalue weighted by Gasteiger charge is -2.27. The Bertz CT molecular complexity index is 493. The molecule has 0 spiro atoms. The van der Waals surface area contributed by atoms with E-state index in [0.717, 1.165) is 19.5 Å². The van der Waals surface area contributed by atoms with Gasteiger partial charge in [-0.05, 0) is 36.0 Å². The third-order valence-electron chi connectivity index (χ3n) is 3.95. The number of nitrogens with zero attached hydrogens (tertiary/aromatic N) is 1. The summed E-state index contributed by atoms with van der Waals surface area (Å²) in [5.74, 6) is -0.112. The van der Waals surface area contributed by atoms with Crippen LogP contribution in [0.25, 0.3) is 0 Å². The number of nitrogen functional groups attached to an aromatic ring is 1. The second-order valence-corrected chi connectivity index (χ2v) is 6.33. The highest BCUT2D eigenvalue weighted by Crippen LogP contribution is 2.34. The minimum atomic E-state index is -0.427. The van der Waals surface area contributed by atoms with Crippen molar-refractivity contribution in [2.24, 2.45) is 11.3 Å². The van der Waals surface area contributed by atoms with Gasteiger partial charge >= 0.3 is 0 Å². The summed E-state index contributed by atoms with van der Waals surface area (Å²) in [7, 11) is 0. The van der Waals surface area contributed by atoms with E-state index in [1.54, 1.807) is 4.90 Å². The van der Waals surface area contributed by atoms with Gasteiger partial charge in [0.25, 0.3) is 5.91 Å². The summed E-state index contributed by atoms with van der Waals surface area (Å²) in [4.78, 5) is 14.2. The number of carbonyl (C=O) groups is 1. The molecule has 1 fully saturated rings. The van der Waals surface area contributed by atoms with Gasteiger partial charge in [-0.3, -0.25) is 4.79 Å². The molecule has 1 saturated heterocycles. The third-order valence-corrected chi connectivity index (χ3v) is 3.95. The van der Waals surface area contributed by atoms with Crippen LogP contribution in [0.4, 0.5) is 10.1 Å². The molecule has 1 heterocycles. The zero-order valence-corrected chi connectivity index (χ0v) is 11.7. The molecule has 0 aromatic heterocycles. The Morgan fingerprint density at radius 2 is 2.11 bits per heavy atom. The number of amides is 1. The first-order chi connectivity index (χ1) is 8.79. The first kappa shape index (κ1) is 13.8. The molecule has 2 rings (SSSR count). The van der Waals surface area contributed by atoms with E-state index in [0.29, 0.717) is 11.6 Å². The average Bonchev–Trinajstić information content (AvgIpc) is 2.80. The summed E-state index contributed by atoms with van der Waals surface area (Å²) < 4.78 is 13.2. The van der Waals surface area contributed by atoms with Gasteiger partial charge in [0, 0.05) is 18.8 Å². The lowest BCUT2D eigenvalue weighted by atomic mass is 9.80. The molecule has 3 nitrogen and oxygen atoms in total. The fourth-order valence-electron chi connectivity index (χ4n) is 2.54. The zero-order valence-electron chi connectivity index (χ0n) is 11.7. The van der Waals surface area contributed by atoms with Crippen LogP contribution in [0, 0.1) is 17.2 Å². The Morgan fingerprint density at radius 1 is 1.42 bits per heavy atom. The normalized spacial score (nSPS) is 19.8. The first-order valence-electron chi connectivity index (χ1n) is 6.63. The second kappa shape index (κ2) is 4.83. The van der Waals surface area contributed by atoms with Gasteiger partial charge < -0.3 is 10.6 Å². The maximum atomic E-state index is 13.2. The summed E-state index contributed by atoms with van der Waals surface area (Å²) in [6.45, 7) is 7.99.